The van der Waals surface area contributed by atoms with Crippen molar-refractivity contribution in [1.29, 1.82) is 0 Å². The number of anilines is 2. The normalized spacial score (nSPS) is 11.1. The number of hydrogen-bond donors (Lipinski definition) is 2. The van der Waals surface area contributed by atoms with Crippen molar-refractivity contribution in [2.24, 2.45) is 0 Å². The molecule has 0 spiro atoms. The largest absolute Gasteiger partial charge is 0.416 e. The lowest BCUT2D eigenvalue weighted by Gasteiger charge is -2.13. The van der Waals surface area contributed by atoms with E-state index >= 15 is 0 Å². The third-order valence-electron chi connectivity index (χ3n) is 2.65. The lowest BCUT2D eigenvalue weighted by Crippen LogP contribution is -2.19. The number of halogens is 5. The van der Waals surface area contributed by atoms with E-state index in [0.29, 0.717) is 21.4 Å². The molecule has 2 aromatic rings. The average molecular weight is 365 g/mol. The third kappa shape index (κ3) is 4.50. The molecule has 2 aromatic carbocycles. The minimum atomic E-state index is -4.37. The second-order valence-corrected chi connectivity index (χ2v) is 5.53. The van der Waals surface area contributed by atoms with E-state index in [0.717, 1.165) is 12.1 Å². The van der Waals surface area contributed by atoms with Crippen molar-refractivity contribution in [2.45, 2.75) is 6.18 Å². The fourth-order valence-corrected chi connectivity index (χ4v) is 2.30. The van der Waals surface area contributed by atoms with Gasteiger partial charge in [-0.15, -0.1) is 0 Å². The van der Waals surface area contributed by atoms with E-state index in [1.165, 1.54) is 12.1 Å². The Hall–Kier alpha value is -1.50. The second kappa shape index (κ2) is 6.73. The van der Waals surface area contributed by atoms with Crippen molar-refractivity contribution in [3.63, 3.8) is 0 Å². The number of thiocarbonyl (C=S) groups is 1. The van der Waals surface area contributed by atoms with Crippen LogP contribution in [0, 0.1) is 0 Å². The first-order valence-corrected chi connectivity index (χ1v) is 7.12. The van der Waals surface area contributed by atoms with Gasteiger partial charge in [-0.1, -0.05) is 23.2 Å². The molecule has 2 rings (SSSR count). The molecule has 116 valence electrons. The van der Waals surface area contributed by atoms with Crippen LogP contribution in [0.15, 0.2) is 42.5 Å². The minimum absolute atomic E-state index is 0.198. The predicted molar refractivity (Wildman–Crippen MR) is 87.7 cm³/mol. The fourth-order valence-electron chi connectivity index (χ4n) is 1.62. The molecule has 0 heterocycles. The van der Waals surface area contributed by atoms with Gasteiger partial charge in [0.2, 0.25) is 0 Å². The van der Waals surface area contributed by atoms with Crippen LogP contribution in [-0.4, -0.2) is 5.11 Å². The van der Waals surface area contributed by atoms with Gasteiger partial charge >= 0.3 is 6.18 Å². The zero-order valence-corrected chi connectivity index (χ0v) is 13.2. The second-order valence-electron chi connectivity index (χ2n) is 4.28. The summed E-state index contributed by atoms with van der Waals surface area (Å²) in [5.74, 6) is 0. The van der Waals surface area contributed by atoms with E-state index in [2.05, 4.69) is 10.6 Å². The standard InChI is InChI=1S/C14H9Cl2F3N2S/c15-9-3-6-12(11(16)7-9)21-13(22)20-10-4-1-8(2-5-10)14(17,18)19/h1-7H,(H2,20,21,22). The molecule has 2 N–H and O–H groups in total. The Balaban J connectivity index is 2.03. The number of benzene rings is 2. The molecular formula is C14H9Cl2F3N2S. The lowest BCUT2D eigenvalue weighted by atomic mass is 10.2. The topological polar surface area (TPSA) is 24.1 Å². The molecule has 0 saturated carbocycles. The Bertz CT molecular complexity index is 687. The Morgan fingerprint density at radius 3 is 2.14 bits per heavy atom. The summed E-state index contributed by atoms with van der Waals surface area (Å²) in [7, 11) is 0. The molecule has 0 aliphatic carbocycles. The number of alkyl halides is 3. The third-order valence-corrected chi connectivity index (χ3v) is 3.40. The van der Waals surface area contributed by atoms with Gasteiger partial charge in [0.25, 0.3) is 0 Å². The SMILES string of the molecule is FC(F)(F)c1ccc(NC(=S)Nc2ccc(Cl)cc2Cl)cc1. The lowest BCUT2D eigenvalue weighted by molar-refractivity contribution is -0.137. The van der Waals surface area contributed by atoms with Gasteiger partial charge in [0.1, 0.15) is 0 Å². The van der Waals surface area contributed by atoms with Crippen LogP contribution in [0.3, 0.4) is 0 Å². The molecule has 0 atom stereocenters. The highest BCUT2D eigenvalue weighted by molar-refractivity contribution is 7.80. The highest BCUT2D eigenvalue weighted by atomic mass is 35.5. The molecule has 0 amide bonds. The Labute approximate surface area is 140 Å². The van der Waals surface area contributed by atoms with Crippen molar-refractivity contribution in [2.75, 3.05) is 10.6 Å². The van der Waals surface area contributed by atoms with Gasteiger partial charge < -0.3 is 10.6 Å². The maximum atomic E-state index is 12.5. The Morgan fingerprint density at radius 2 is 1.59 bits per heavy atom. The smallest absolute Gasteiger partial charge is 0.332 e. The van der Waals surface area contributed by atoms with Crippen LogP contribution in [0.2, 0.25) is 10.0 Å². The van der Waals surface area contributed by atoms with Crippen molar-refractivity contribution in [3.05, 3.63) is 58.1 Å². The fraction of sp³-hybridized carbons (Fsp3) is 0.0714. The first-order valence-electron chi connectivity index (χ1n) is 5.96. The molecule has 0 aliphatic rings. The van der Waals surface area contributed by atoms with E-state index < -0.39 is 11.7 Å². The molecule has 0 bridgehead atoms. The molecular weight excluding hydrogens is 356 g/mol. The van der Waals surface area contributed by atoms with Crippen molar-refractivity contribution in [3.8, 4) is 0 Å². The van der Waals surface area contributed by atoms with E-state index in [9.17, 15) is 13.2 Å². The first kappa shape index (κ1) is 16.9. The van der Waals surface area contributed by atoms with Crippen molar-refractivity contribution in [1.82, 2.24) is 0 Å². The van der Waals surface area contributed by atoms with Crippen LogP contribution >= 0.6 is 35.4 Å². The zero-order chi connectivity index (χ0) is 16.3. The molecule has 22 heavy (non-hydrogen) atoms. The summed E-state index contributed by atoms with van der Waals surface area (Å²) in [4.78, 5) is 0. The molecule has 0 aliphatic heterocycles. The quantitative estimate of drug-likeness (QED) is 0.656. The zero-order valence-electron chi connectivity index (χ0n) is 10.8. The van der Waals surface area contributed by atoms with E-state index in [-0.39, 0.29) is 5.11 Å². The number of hydrogen-bond acceptors (Lipinski definition) is 1. The molecule has 2 nitrogen and oxygen atoms in total. The van der Waals surface area contributed by atoms with Gasteiger partial charge in [0.15, 0.2) is 5.11 Å². The highest BCUT2D eigenvalue weighted by Crippen LogP contribution is 2.30. The summed E-state index contributed by atoms with van der Waals surface area (Å²) in [6, 6.07) is 9.36. The van der Waals surface area contributed by atoms with Gasteiger partial charge in [-0.3, -0.25) is 0 Å². The molecule has 0 aromatic heterocycles. The van der Waals surface area contributed by atoms with E-state index in [1.807, 2.05) is 0 Å². The first-order chi connectivity index (χ1) is 10.3. The average Bonchev–Trinajstić information content (AvgIpc) is 2.41. The summed E-state index contributed by atoms with van der Waals surface area (Å²) in [6.07, 6.45) is -4.37. The van der Waals surface area contributed by atoms with Crippen molar-refractivity contribution >= 4 is 51.9 Å². The number of rotatable bonds is 2. The van der Waals surface area contributed by atoms with Gasteiger partial charge in [-0.25, -0.2) is 0 Å². The molecule has 8 heteroatoms. The van der Waals surface area contributed by atoms with Gasteiger partial charge in [-0.2, -0.15) is 13.2 Å². The van der Waals surface area contributed by atoms with Crippen LogP contribution in [0.25, 0.3) is 0 Å². The predicted octanol–water partition coefficient (Wildman–Crippen LogP) is 5.82. The van der Waals surface area contributed by atoms with Crippen LogP contribution < -0.4 is 10.6 Å². The van der Waals surface area contributed by atoms with Gasteiger partial charge in [-0.05, 0) is 54.7 Å². The maximum Gasteiger partial charge on any atom is 0.416 e. The molecule has 0 fully saturated rings. The molecule has 0 saturated heterocycles. The highest BCUT2D eigenvalue weighted by Gasteiger charge is 2.29. The molecule has 0 unspecified atom stereocenters. The Kier molecular flexibility index (Phi) is 5.16. The molecule has 0 radical (unpaired) electrons. The van der Waals surface area contributed by atoms with Crippen LogP contribution in [0.1, 0.15) is 5.56 Å². The van der Waals surface area contributed by atoms with Crippen LogP contribution in [0.4, 0.5) is 24.5 Å². The summed E-state index contributed by atoms with van der Waals surface area (Å²) in [6.45, 7) is 0. The van der Waals surface area contributed by atoms with Gasteiger partial charge in [0.05, 0.1) is 16.3 Å². The van der Waals surface area contributed by atoms with E-state index in [1.54, 1.807) is 18.2 Å². The maximum absolute atomic E-state index is 12.5. The van der Waals surface area contributed by atoms with Crippen LogP contribution in [-0.2, 0) is 6.18 Å². The van der Waals surface area contributed by atoms with Crippen LogP contribution in [0.5, 0.6) is 0 Å². The van der Waals surface area contributed by atoms with Crippen molar-refractivity contribution < 1.29 is 13.2 Å². The summed E-state index contributed by atoms with van der Waals surface area (Å²) >= 11 is 16.9. The van der Waals surface area contributed by atoms with Gasteiger partial charge in [0, 0.05) is 10.7 Å². The summed E-state index contributed by atoms with van der Waals surface area (Å²) < 4.78 is 37.4. The Morgan fingerprint density at radius 1 is 0.955 bits per heavy atom. The summed E-state index contributed by atoms with van der Waals surface area (Å²) in [5, 5.41) is 6.67. The monoisotopic (exact) mass is 364 g/mol. The van der Waals surface area contributed by atoms with E-state index in [4.69, 9.17) is 35.4 Å². The minimum Gasteiger partial charge on any atom is -0.332 e. The summed E-state index contributed by atoms with van der Waals surface area (Å²) in [5.41, 5.74) is 0.240. The number of nitrogens with one attached hydrogen (secondary N) is 2.